The third kappa shape index (κ3) is 3.57. The van der Waals surface area contributed by atoms with Crippen molar-refractivity contribution in [1.82, 2.24) is 10.2 Å². The van der Waals surface area contributed by atoms with Crippen molar-refractivity contribution in [2.75, 3.05) is 13.1 Å². The summed E-state index contributed by atoms with van der Waals surface area (Å²) < 4.78 is 5.08. The first-order valence-corrected chi connectivity index (χ1v) is 8.25. The van der Waals surface area contributed by atoms with Crippen LogP contribution in [0.3, 0.4) is 0 Å². The van der Waals surface area contributed by atoms with Crippen molar-refractivity contribution in [2.24, 2.45) is 0 Å². The van der Waals surface area contributed by atoms with E-state index >= 15 is 0 Å². The zero-order valence-electron chi connectivity index (χ0n) is 12.2. The van der Waals surface area contributed by atoms with Crippen molar-refractivity contribution in [3.8, 4) is 0 Å². The molecule has 0 radical (unpaired) electrons. The summed E-state index contributed by atoms with van der Waals surface area (Å²) >= 11 is 1.61. The summed E-state index contributed by atoms with van der Waals surface area (Å²) in [6, 6.07) is 7.39. The van der Waals surface area contributed by atoms with E-state index in [2.05, 4.69) is 5.32 Å². The molecule has 1 aliphatic heterocycles. The SMILES string of the molecule is O=C(NC1CCN(C(=O)Cc2cccs2)CC1)c1ccco1. The Morgan fingerprint density at radius 2 is 2.09 bits per heavy atom. The van der Waals surface area contributed by atoms with Crippen molar-refractivity contribution in [3.63, 3.8) is 0 Å². The van der Waals surface area contributed by atoms with Crippen LogP contribution in [0.1, 0.15) is 28.3 Å². The van der Waals surface area contributed by atoms with Gasteiger partial charge in [-0.25, -0.2) is 0 Å². The van der Waals surface area contributed by atoms with E-state index in [9.17, 15) is 9.59 Å². The number of nitrogens with one attached hydrogen (secondary N) is 1. The molecule has 2 aromatic rings. The Kier molecular flexibility index (Phi) is 4.58. The van der Waals surface area contributed by atoms with Crippen LogP contribution in [0.15, 0.2) is 40.3 Å². The number of amides is 2. The summed E-state index contributed by atoms with van der Waals surface area (Å²) in [6.45, 7) is 1.38. The molecular weight excluding hydrogens is 300 g/mol. The minimum atomic E-state index is -0.187. The maximum Gasteiger partial charge on any atom is 0.287 e. The van der Waals surface area contributed by atoms with Gasteiger partial charge in [0.2, 0.25) is 5.91 Å². The summed E-state index contributed by atoms with van der Waals surface area (Å²) in [6.07, 6.45) is 3.52. The maximum absolute atomic E-state index is 12.2. The molecule has 0 unspecified atom stereocenters. The van der Waals surface area contributed by atoms with Crippen LogP contribution in [0.2, 0.25) is 0 Å². The molecule has 1 N–H and O–H groups in total. The van der Waals surface area contributed by atoms with Crippen molar-refractivity contribution < 1.29 is 14.0 Å². The summed E-state index contributed by atoms with van der Waals surface area (Å²) in [5.74, 6) is 0.308. The highest BCUT2D eigenvalue weighted by atomic mass is 32.1. The summed E-state index contributed by atoms with van der Waals surface area (Å²) in [5, 5.41) is 4.94. The van der Waals surface area contributed by atoms with Gasteiger partial charge in [0, 0.05) is 24.0 Å². The molecule has 0 bridgehead atoms. The minimum absolute atomic E-state index is 0.100. The average Bonchev–Trinajstić information content (AvgIpc) is 3.21. The predicted molar refractivity (Wildman–Crippen MR) is 83.8 cm³/mol. The number of carbonyl (C=O) groups excluding carboxylic acids is 2. The third-order valence-electron chi connectivity index (χ3n) is 3.83. The van der Waals surface area contributed by atoms with Gasteiger partial charge in [0.25, 0.3) is 5.91 Å². The molecule has 22 heavy (non-hydrogen) atoms. The third-order valence-corrected chi connectivity index (χ3v) is 4.71. The molecule has 3 rings (SSSR count). The van der Waals surface area contributed by atoms with Crippen LogP contribution in [-0.2, 0) is 11.2 Å². The quantitative estimate of drug-likeness (QED) is 0.941. The molecule has 0 atom stereocenters. The van der Waals surface area contributed by atoms with Gasteiger partial charge in [0.1, 0.15) is 0 Å². The number of furan rings is 1. The van der Waals surface area contributed by atoms with Gasteiger partial charge >= 0.3 is 0 Å². The fraction of sp³-hybridized carbons (Fsp3) is 0.375. The standard InChI is InChI=1S/C16H18N2O3S/c19-15(11-13-3-2-10-22-13)18-7-5-12(6-8-18)17-16(20)14-4-1-9-21-14/h1-4,9-10,12H,5-8,11H2,(H,17,20). The molecule has 1 aliphatic rings. The molecule has 0 spiro atoms. The normalized spacial score (nSPS) is 15.7. The molecule has 6 heteroatoms. The lowest BCUT2D eigenvalue weighted by Crippen LogP contribution is -2.46. The van der Waals surface area contributed by atoms with Crippen LogP contribution >= 0.6 is 11.3 Å². The molecular formula is C16H18N2O3S. The minimum Gasteiger partial charge on any atom is -0.459 e. The molecule has 3 heterocycles. The van der Waals surface area contributed by atoms with E-state index in [1.807, 2.05) is 22.4 Å². The highest BCUT2D eigenvalue weighted by molar-refractivity contribution is 7.10. The topological polar surface area (TPSA) is 62.6 Å². The Labute approximate surface area is 132 Å². The van der Waals surface area contributed by atoms with Crippen LogP contribution in [0.4, 0.5) is 0 Å². The molecule has 116 valence electrons. The Hall–Kier alpha value is -2.08. The largest absolute Gasteiger partial charge is 0.459 e. The van der Waals surface area contributed by atoms with Crippen LogP contribution in [0, 0.1) is 0 Å². The second-order valence-corrected chi connectivity index (χ2v) is 6.39. The second kappa shape index (κ2) is 6.79. The van der Waals surface area contributed by atoms with Crippen molar-refractivity contribution in [1.29, 1.82) is 0 Å². The molecule has 0 aliphatic carbocycles. The lowest BCUT2D eigenvalue weighted by molar-refractivity contribution is -0.131. The van der Waals surface area contributed by atoms with Gasteiger partial charge in [-0.1, -0.05) is 6.07 Å². The fourth-order valence-electron chi connectivity index (χ4n) is 2.61. The zero-order valence-corrected chi connectivity index (χ0v) is 13.0. The Morgan fingerprint density at radius 3 is 2.73 bits per heavy atom. The number of carbonyl (C=O) groups is 2. The van der Waals surface area contributed by atoms with Gasteiger partial charge in [-0.2, -0.15) is 0 Å². The zero-order chi connectivity index (χ0) is 15.4. The number of nitrogens with zero attached hydrogens (tertiary/aromatic N) is 1. The first-order valence-electron chi connectivity index (χ1n) is 7.37. The molecule has 1 fully saturated rings. The number of rotatable bonds is 4. The fourth-order valence-corrected chi connectivity index (χ4v) is 3.31. The monoisotopic (exact) mass is 318 g/mol. The molecule has 2 aromatic heterocycles. The van der Waals surface area contributed by atoms with Gasteiger partial charge in [-0.05, 0) is 36.4 Å². The Bertz CT molecular complexity index is 614. The molecule has 1 saturated heterocycles. The lowest BCUT2D eigenvalue weighted by atomic mass is 10.0. The van der Waals surface area contributed by atoms with Gasteiger partial charge in [-0.3, -0.25) is 9.59 Å². The molecule has 0 saturated carbocycles. The lowest BCUT2D eigenvalue weighted by Gasteiger charge is -2.32. The van der Waals surface area contributed by atoms with Crippen molar-refractivity contribution in [2.45, 2.75) is 25.3 Å². The van der Waals surface area contributed by atoms with Crippen LogP contribution in [0.25, 0.3) is 0 Å². The summed E-state index contributed by atoms with van der Waals surface area (Å²) in [5.41, 5.74) is 0. The van der Waals surface area contributed by atoms with E-state index in [0.717, 1.165) is 17.7 Å². The molecule has 5 nitrogen and oxygen atoms in total. The van der Waals surface area contributed by atoms with E-state index in [4.69, 9.17) is 4.42 Å². The number of thiophene rings is 1. The second-order valence-electron chi connectivity index (χ2n) is 5.36. The highest BCUT2D eigenvalue weighted by Gasteiger charge is 2.24. The van der Waals surface area contributed by atoms with Crippen LogP contribution < -0.4 is 5.32 Å². The molecule has 0 aromatic carbocycles. The van der Waals surface area contributed by atoms with E-state index in [1.165, 1.54) is 6.26 Å². The van der Waals surface area contributed by atoms with Crippen molar-refractivity contribution >= 4 is 23.2 Å². The predicted octanol–water partition coefficient (Wildman–Crippen LogP) is 2.30. The number of piperidine rings is 1. The van der Waals surface area contributed by atoms with Gasteiger partial charge in [0.05, 0.1) is 12.7 Å². The Morgan fingerprint density at radius 1 is 1.27 bits per heavy atom. The van der Waals surface area contributed by atoms with Gasteiger partial charge in [-0.15, -0.1) is 11.3 Å². The van der Waals surface area contributed by atoms with Crippen LogP contribution in [-0.4, -0.2) is 35.8 Å². The van der Waals surface area contributed by atoms with E-state index < -0.39 is 0 Å². The summed E-state index contributed by atoms with van der Waals surface area (Å²) in [4.78, 5) is 27.1. The van der Waals surface area contributed by atoms with Crippen LogP contribution in [0.5, 0.6) is 0 Å². The molecule has 2 amide bonds. The first kappa shape index (κ1) is 14.8. The van der Waals surface area contributed by atoms with Gasteiger partial charge < -0.3 is 14.6 Å². The number of likely N-dealkylation sites (tertiary alicyclic amines) is 1. The smallest absolute Gasteiger partial charge is 0.287 e. The first-order chi connectivity index (χ1) is 10.7. The average molecular weight is 318 g/mol. The Balaban J connectivity index is 1.46. The van der Waals surface area contributed by atoms with E-state index in [-0.39, 0.29) is 17.9 Å². The summed E-state index contributed by atoms with van der Waals surface area (Å²) in [7, 11) is 0. The van der Waals surface area contributed by atoms with Crippen molar-refractivity contribution in [3.05, 3.63) is 46.5 Å². The number of hydrogen-bond donors (Lipinski definition) is 1. The number of hydrogen-bond acceptors (Lipinski definition) is 4. The highest BCUT2D eigenvalue weighted by Crippen LogP contribution is 2.15. The van der Waals surface area contributed by atoms with E-state index in [0.29, 0.717) is 25.3 Å². The van der Waals surface area contributed by atoms with Gasteiger partial charge in [0.15, 0.2) is 5.76 Å². The maximum atomic E-state index is 12.2. The van der Waals surface area contributed by atoms with E-state index in [1.54, 1.807) is 23.5 Å².